The predicted molar refractivity (Wildman–Crippen MR) is 88.1 cm³/mol. The van der Waals surface area contributed by atoms with E-state index in [1.165, 1.54) is 18.3 Å². The number of hydrogen-bond acceptors (Lipinski definition) is 4. The molecule has 0 aliphatic carbocycles. The number of benzene rings is 1. The normalized spacial score (nSPS) is 17.2. The Morgan fingerprint density at radius 3 is 2.96 bits per heavy atom. The molecule has 1 aliphatic heterocycles. The van der Waals surface area contributed by atoms with E-state index in [4.69, 9.17) is 5.26 Å². The molecule has 6 heteroatoms. The lowest BCUT2D eigenvalue weighted by Gasteiger charge is -2.34. The first-order chi connectivity index (χ1) is 11.7. The van der Waals surface area contributed by atoms with E-state index < -0.39 is 0 Å². The number of amides is 1. The fourth-order valence-corrected chi connectivity index (χ4v) is 2.86. The summed E-state index contributed by atoms with van der Waals surface area (Å²) in [5.41, 5.74) is 1.53. The third kappa shape index (κ3) is 3.69. The molecular formula is C18H17FN4O. The molecule has 1 saturated heterocycles. The van der Waals surface area contributed by atoms with Gasteiger partial charge in [-0.1, -0.05) is 6.07 Å². The van der Waals surface area contributed by atoms with Crippen LogP contribution in [0, 0.1) is 17.1 Å². The number of carbonyl (C=O) groups is 1. The summed E-state index contributed by atoms with van der Waals surface area (Å²) < 4.78 is 13.4. The lowest BCUT2D eigenvalue weighted by Crippen LogP contribution is -2.48. The van der Waals surface area contributed by atoms with Gasteiger partial charge in [0.2, 0.25) is 0 Å². The Hall–Kier alpha value is -2.94. The zero-order valence-electron chi connectivity index (χ0n) is 13.1. The molecule has 3 rings (SSSR count). The summed E-state index contributed by atoms with van der Waals surface area (Å²) in [5.74, 6) is -0.522. The second-order valence-corrected chi connectivity index (χ2v) is 5.78. The van der Waals surface area contributed by atoms with E-state index in [0.29, 0.717) is 12.1 Å². The van der Waals surface area contributed by atoms with Gasteiger partial charge in [-0.05, 0) is 43.2 Å². The first-order valence-corrected chi connectivity index (χ1v) is 7.83. The summed E-state index contributed by atoms with van der Waals surface area (Å²) in [4.78, 5) is 18.4. The highest BCUT2D eigenvalue weighted by Crippen LogP contribution is 2.20. The number of halogens is 1. The Morgan fingerprint density at radius 1 is 1.38 bits per heavy atom. The average Bonchev–Trinajstić information content (AvgIpc) is 2.62. The third-order valence-electron chi connectivity index (χ3n) is 4.06. The number of rotatable bonds is 3. The number of aromatic nitrogens is 1. The van der Waals surface area contributed by atoms with Crippen molar-refractivity contribution in [3.05, 3.63) is 59.7 Å². The van der Waals surface area contributed by atoms with Crippen molar-refractivity contribution in [1.29, 1.82) is 5.26 Å². The van der Waals surface area contributed by atoms with Crippen molar-refractivity contribution in [1.82, 2.24) is 10.3 Å². The second-order valence-electron chi connectivity index (χ2n) is 5.78. The van der Waals surface area contributed by atoms with Crippen LogP contribution in [0.1, 0.15) is 28.9 Å². The molecule has 0 radical (unpaired) electrons. The van der Waals surface area contributed by atoms with Crippen LogP contribution in [0.5, 0.6) is 0 Å². The third-order valence-corrected chi connectivity index (χ3v) is 4.06. The van der Waals surface area contributed by atoms with Gasteiger partial charge < -0.3 is 10.2 Å². The molecular weight excluding hydrogens is 307 g/mol. The summed E-state index contributed by atoms with van der Waals surface area (Å²) in [6.07, 6.45) is 3.17. The largest absolute Gasteiger partial charge is 0.369 e. The van der Waals surface area contributed by atoms with Crippen molar-refractivity contribution < 1.29 is 9.18 Å². The second kappa shape index (κ2) is 7.09. The van der Waals surface area contributed by atoms with Crippen molar-refractivity contribution in [3.63, 3.8) is 0 Å². The fraction of sp³-hybridized carbons (Fsp3) is 0.278. The Labute approximate surface area is 139 Å². The SMILES string of the molecule is N#Cc1ccc(C(=O)NC2CCCN(c3cccc(F)c3)C2)nc1. The molecule has 1 atom stereocenters. The molecule has 1 fully saturated rings. The van der Waals surface area contributed by atoms with Crippen molar-refractivity contribution in [3.8, 4) is 6.07 Å². The molecule has 1 aromatic carbocycles. The van der Waals surface area contributed by atoms with Gasteiger partial charge in [-0.3, -0.25) is 4.79 Å². The van der Waals surface area contributed by atoms with Gasteiger partial charge in [0.15, 0.2) is 0 Å². The highest BCUT2D eigenvalue weighted by Gasteiger charge is 2.22. The number of carbonyl (C=O) groups excluding carboxylic acids is 1. The topological polar surface area (TPSA) is 69.0 Å². The average molecular weight is 324 g/mol. The molecule has 1 aromatic heterocycles. The van der Waals surface area contributed by atoms with Crippen molar-refractivity contribution in [2.45, 2.75) is 18.9 Å². The van der Waals surface area contributed by atoms with Gasteiger partial charge in [0.1, 0.15) is 17.6 Å². The molecule has 0 spiro atoms. The number of nitrogens with zero attached hydrogens (tertiary/aromatic N) is 3. The molecule has 1 aliphatic rings. The zero-order chi connectivity index (χ0) is 16.9. The Kier molecular flexibility index (Phi) is 4.71. The minimum absolute atomic E-state index is 0.0213. The summed E-state index contributed by atoms with van der Waals surface area (Å²) in [6, 6.07) is 11.5. The molecule has 1 amide bonds. The molecule has 5 nitrogen and oxygen atoms in total. The minimum Gasteiger partial charge on any atom is -0.369 e. The monoisotopic (exact) mass is 324 g/mol. The summed E-state index contributed by atoms with van der Waals surface area (Å²) in [6.45, 7) is 1.47. The van der Waals surface area contributed by atoms with E-state index in [1.807, 2.05) is 12.1 Å². The van der Waals surface area contributed by atoms with Crippen LogP contribution >= 0.6 is 0 Å². The van der Waals surface area contributed by atoms with Crippen LogP contribution in [0.4, 0.5) is 10.1 Å². The van der Waals surface area contributed by atoms with Gasteiger partial charge in [0.05, 0.1) is 5.56 Å². The first-order valence-electron chi connectivity index (χ1n) is 7.83. The van der Waals surface area contributed by atoms with Gasteiger partial charge in [0.25, 0.3) is 5.91 Å². The lowest BCUT2D eigenvalue weighted by molar-refractivity contribution is 0.0928. The van der Waals surface area contributed by atoms with Crippen LogP contribution in [0.15, 0.2) is 42.6 Å². The molecule has 1 unspecified atom stereocenters. The number of piperidine rings is 1. The summed E-state index contributed by atoms with van der Waals surface area (Å²) >= 11 is 0. The van der Waals surface area contributed by atoms with Gasteiger partial charge in [0, 0.05) is 31.0 Å². The Balaban J connectivity index is 1.64. The van der Waals surface area contributed by atoms with E-state index in [2.05, 4.69) is 15.2 Å². The van der Waals surface area contributed by atoms with Gasteiger partial charge in [-0.2, -0.15) is 5.26 Å². The number of nitrogens with one attached hydrogen (secondary N) is 1. The maximum atomic E-state index is 13.4. The number of pyridine rings is 1. The van der Waals surface area contributed by atoms with Crippen LogP contribution in [-0.2, 0) is 0 Å². The van der Waals surface area contributed by atoms with Gasteiger partial charge in [-0.25, -0.2) is 9.37 Å². The number of hydrogen-bond donors (Lipinski definition) is 1. The smallest absolute Gasteiger partial charge is 0.270 e. The molecule has 24 heavy (non-hydrogen) atoms. The summed E-state index contributed by atoms with van der Waals surface area (Å²) in [5, 5.41) is 11.7. The fourth-order valence-electron chi connectivity index (χ4n) is 2.86. The predicted octanol–water partition coefficient (Wildman–Crippen LogP) is 2.49. The van der Waals surface area contributed by atoms with E-state index in [9.17, 15) is 9.18 Å². The molecule has 2 heterocycles. The van der Waals surface area contributed by atoms with E-state index in [-0.39, 0.29) is 23.5 Å². The van der Waals surface area contributed by atoms with Crippen molar-refractivity contribution in [2.75, 3.05) is 18.0 Å². The van der Waals surface area contributed by atoms with E-state index in [0.717, 1.165) is 25.1 Å². The van der Waals surface area contributed by atoms with Crippen LogP contribution in [0.3, 0.4) is 0 Å². The summed E-state index contributed by atoms with van der Waals surface area (Å²) in [7, 11) is 0. The maximum Gasteiger partial charge on any atom is 0.270 e. The van der Waals surface area contributed by atoms with Crippen LogP contribution in [0.2, 0.25) is 0 Å². The van der Waals surface area contributed by atoms with Crippen LogP contribution < -0.4 is 10.2 Å². The van der Waals surface area contributed by atoms with Gasteiger partial charge >= 0.3 is 0 Å². The molecule has 1 N–H and O–H groups in total. The van der Waals surface area contributed by atoms with E-state index >= 15 is 0 Å². The molecule has 122 valence electrons. The molecule has 0 bridgehead atoms. The van der Waals surface area contributed by atoms with Crippen LogP contribution in [0.25, 0.3) is 0 Å². The van der Waals surface area contributed by atoms with Crippen molar-refractivity contribution in [2.24, 2.45) is 0 Å². The van der Waals surface area contributed by atoms with Crippen molar-refractivity contribution >= 4 is 11.6 Å². The van der Waals surface area contributed by atoms with Crippen LogP contribution in [-0.4, -0.2) is 30.0 Å². The van der Waals surface area contributed by atoms with Gasteiger partial charge in [-0.15, -0.1) is 0 Å². The molecule has 0 saturated carbocycles. The van der Waals surface area contributed by atoms with E-state index in [1.54, 1.807) is 18.2 Å². The molecule has 2 aromatic rings. The first kappa shape index (κ1) is 15.9. The highest BCUT2D eigenvalue weighted by atomic mass is 19.1. The quantitative estimate of drug-likeness (QED) is 0.942. The zero-order valence-corrected chi connectivity index (χ0v) is 13.1. The number of nitriles is 1. The lowest BCUT2D eigenvalue weighted by atomic mass is 10.0. The minimum atomic E-state index is -0.263. The Morgan fingerprint density at radius 2 is 2.25 bits per heavy atom. The maximum absolute atomic E-state index is 13.4. The Bertz CT molecular complexity index is 769. The highest BCUT2D eigenvalue weighted by molar-refractivity contribution is 5.92. The number of anilines is 1. The standard InChI is InChI=1S/C18H17FN4O/c19-14-3-1-5-16(9-14)23-8-2-4-15(12-23)22-18(24)17-7-6-13(10-20)11-21-17/h1,3,5-7,9,11,15H,2,4,8,12H2,(H,22,24).